The molecule has 0 saturated carbocycles. The van der Waals surface area contributed by atoms with Crippen LogP contribution in [0.4, 0.5) is 10.5 Å². The van der Waals surface area contributed by atoms with Crippen molar-refractivity contribution in [2.24, 2.45) is 0 Å². The standard InChI is InChI=1S/C17H26N4O2S/c1-13-5-7-14(8-6-13)18-15(24)19-21-11-9-20(10-12-21)16(22)23-17(2,3)4/h5-8H,9-12H2,1-4H3,(H2,18,19,24). The van der Waals surface area contributed by atoms with E-state index in [2.05, 4.69) is 10.7 Å². The number of benzene rings is 1. The third-order valence-corrected chi connectivity index (χ3v) is 3.69. The zero-order valence-corrected chi connectivity index (χ0v) is 15.6. The molecule has 1 aliphatic heterocycles. The Kier molecular flexibility index (Phi) is 6.01. The number of amides is 1. The minimum atomic E-state index is -0.466. The summed E-state index contributed by atoms with van der Waals surface area (Å²) in [4.78, 5) is 13.8. The smallest absolute Gasteiger partial charge is 0.410 e. The van der Waals surface area contributed by atoms with E-state index in [1.165, 1.54) is 5.56 Å². The molecule has 2 N–H and O–H groups in total. The van der Waals surface area contributed by atoms with Gasteiger partial charge < -0.3 is 15.0 Å². The number of piperazine rings is 1. The number of ether oxygens (including phenoxy) is 1. The highest BCUT2D eigenvalue weighted by atomic mass is 32.1. The summed E-state index contributed by atoms with van der Waals surface area (Å²) in [5.74, 6) is 0. The minimum Gasteiger partial charge on any atom is -0.444 e. The highest BCUT2D eigenvalue weighted by Crippen LogP contribution is 2.12. The summed E-state index contributed by atoms with van der Waals surface area (Å²) in [6, 6.07) is 8.04. The Morgan fingerprint density at radius 1 is 1.12 bits per heavy atom. The van der Waals surface area contributed by atoms with Gasteiger partial charge >= 0.3 is 6.09 Å². The lowest BCUT2D eigenvalue weighted by atomic mass is 10.2. The van der Waals surface area contributed by atoms with E-state index in [9.17, 15) is 4.79 Å². The molecule has 0 atom stereocenters. The second kappa shape index (κ2) is 7.81. The molecule has 1 aliphatic rings. The largest absolute Gasteiger partial charge is 0.444 e. The number of anilines is 1. The fraction of sp³-hybridized carbons (Fsp3) is 0.529. The molecule has 0 aliphatic carbocycles. The van der Waals surface area contributed by atoms with Crippen LogP contribution in [0.5, 0.6) is 0 Å². The van der Waals surface area contributed by atoms with Gasteiger partial charge in [-0.25, -0.2) is 9.80 Å². The zero-order valence-electron chi connectivity index (χ0n) is 14.8. The maximum atomic E-state index is 12.0. The molecular formula is C17H26N4O2S. The van der Waals surface area contributed by atoms with Gasteiger partial charge in [-0.2, -0.15) is 0 Å². The van der Waals surface area contributed by atoms with Gasteiger partial charge in [0.1, 0.15) is 5.60 Å². The van der Waals surface area contributed by atoms with Crippen molar-refractivity contribution >= 4 is 29.1 Å². The van der Waals surface area contributed by atoms with Crippen molar-refractivity contribution in [3.8, 4) is 0 Å². The van der Waals surface area contributed by atoms with E-state index in [1.807, 2.05) is 57.0 Å². The number of hydrazine groups is 1. The second-order valence-corrected chi connectivity index (χ2v) is 7.29. The summed E-state index contributed by atoms with van der Waals surface area (Å²) >= 11 is 5.33. The van der Waals surface area contributed by atoms with Gasteiger partial charge in [0.15, 0.2) is 5.11 Å². The molecule has 0 bridgehead atoms. The number of carbonyl (C=O) groups is 1. The van der Waals surface area contributed by atoms with Gasteiger partial charge in [0.2, 0.25) is 0 Å². The predicted octanol–water partition coefficient (Wildman–Crippen LogP) is 2.75. The molecule has 1 aromatic carbocycles. The van der Waals surface area contributed by atoms with Crippen LogP contribution in [0.25, 0.3) is 0 Å². The third kappa shape index (κ3) is 5.98. The van der Waals surface area contributed by atoms with Crippen molar-refractivity contribution in [2.75, 3.05) is 31.5 Å². The summed E-state index contributed by atoms with van der Waals surface area (Å²) in [5.41, 5.74) is 4.85. The molecule has 1 amide bonds. The number of carbonyl (C=O) groups excluding carboxylic acids is 1. The number of aryl methyl sites for hydroxylation is 1. The molecule has 0 aromatic heterocycles. The maximum absolute atomic E-state index is 12.0. The van der Waals surface area contributed by atoms with Crippen LogP contribution in [-0.4, -0.2) is 52.9 Å². The summed E-state index contributed by atoms with van der Waals surface area (Å²) in [5, 5.41) is 5.71. The van der Waals surface area contributed by atoms with Crippen LogP contribution in [0.3, 0.4) is 0 Å². The predicted molar refractivity (Wildman–Crippen MR) is 99.9 cm³/mol. The molecule has 7 heteroatoms. The molecule has 6 nitrogen and oxygen atoms in total. The first-order valence-electron chi connectivity index (χ1n) is 8.10. The van der Waals surface area contributed by atoms with Gasteiger partial charge in [-0.1, -0.05) is 17.7 Å². The minimum absolute atomic E-state index is 0.262. The topological polar surface area (TPSA) is 56.8 Å². The Bertz CT molecular complexity index is 575. The Morgan fingerprint density at radius 2 is 1.71 bits per heavy atom. The Balaban J connectivity index is 1.75. The quantitative estimate of drug-likeness (QED) is 0.800. The molecular weight excluding hydrogens is 324 g/mol. The molecule has 132 valence electrons. The van der Waals surface area contributed by atoms with Crippen LogP contribution in [0.2, 0.25) is 0 Å². The van der Waals surface area contributed by atoms with E-state index < -0.39 is 5.60 Å². The third-order valence-electron chi connectivity index (χ3n) is 3.50. The van der Waals surface area contributed by atoms with Gasteiger partial charge in [0.25, 0.3) is 0 Å². The summed E-state index contributed by atoms with van der Waals surface area (Å²) < 4.78 is 5.39. The Hall–Kier alpha value is -1.86. The van der Waals surface area contributed by atoms with Crippen molar-refractivity contribution in [3.63, 3.8) is 0 Å². The summed E-state index contributed by atoms with van der Waals surface area (Å²) in [6.45, 7) is 10.3. The van der Waals surface area contributed by atoms with Crippen LogP contribution in [-0.2, 0) is 4.74 Å². The molecule has 1 fully saturated rings. The van der Waals surface area contributed by atoms with Crippen LogP contribution in [0.15, 0.2) is 24.3 Å². The lowest BCUT2D eigenvalue weighted by molar-refractivity contribution is 0.0122. The highest BCUT2D eigenvalue weighted by Gasteiger charge is 2.26. The van der Waals surface area contributed by atoms with E-state index in [1.54, 1.807) is 4.90 Å². The Labute approximate surface area is 149 Å². The monoisotopic (exact) mass is 350 g/mol. The average molecular weight is 350 g/mol. The van der Waals surface area contributed by atoms with Crippen LogP contribution in [0.1, 0.15) is 26.3 Å². The van der Waals surface area contributed by atoms with Crippen molar-refractivity contribution in [2.45, 2.75) is 33.3 Å². The van der Waals surface area contributed by atoms with E-state index in [0.717, 1.165) is 5.69 Å². The van der Waals surface area contributed by atoms with Crippen molar-refractivity contribution in [1.82, 2.24) is 15.3 Å². The average Bonchev–Trinajstić information content (AvgIpc) is 2.48. The fourth-order valence-corrected chi connectivity index (χ4v) is 2.51. The van der Waals surface area contributed by atoms with Gasteiger partial charge in [-0.3, -0.25) is 5.43 Å². The number of thiocarbonyl (C=S) groups is 1. The number of nitrogens with one attached hydrogen (secondary N) is 2. The lowest BCUT2D eigenvalue weighted by Crippen LogP contribution is -2.56. The normalized spacial score (nSPS) is 15.8. The molecule has 0 spiro atoms. The van der Waals surface area contributed by atoms with Crippen LogP contribution >= 0.6 is 12.2 Å². The second-order valence-electron chi connectivity index (χ2n) is 6.89. The van der Waals surface area contributed by atoms with E-state index in [-0.39, 0.29) is 6.09 Å². The van der Waals surface area contributed by atoms with Gasteiger partial charge in [-0.05, 0) is 52.0 Å². The van der Waals surface area contributed by atoms with Gasteiger partial charge in [0.05, 0.1) is 0 Å². The van der Waals surface area contributed by atoms with Crippen molar-refractivity contribution in [1.29, 1.82) is 0 Å². The molecule has 1 saturated heterocycles. The number of nitrogens with zero attached hydrogens (tertiary/aromatic N) is 2. The van der Waals surface area contributed by atoms with Crippen molar-refractivity contribution in [3.05, 3.63) is 29.8 Å². The molecule has 2 rings (SSSR count). The van der Waals surface area contributed by atoms with Crippen LogP contribution in [0, 0.1) is 6.92 Å². The number of hydrogen-bond donors (Lipinski definition) is 2. The molecule has 1 aromatic rings. The molecule has 1 heterocycles. The zero-order chi connectivity index (χ0) is 17.7. The maximum Gasteiger partial charge on any atom is 0.410 e. The van der Waals surface area contributed by atoms with Crippen LogP contribution < -0.4 is 10.7 Å². The van der Waals surface area contributed by atoms with Crippen molar-refractivity contribution < 1.29 is 9.53 Å². The van der Waals surface area contributed by atoms with Gasteiger partial charge in [0, 0.05) is 31.9 Å². The van der Waals surface area contributed by atoms with E-state index in [0.29, 0.717) is 31.3 Å². The first-order valence-corrected chi connectivity index (χ1v) is 8.51. The number of rotatable bonds is 2. The van der Waals surface area contributed by atoms with E-state index >= 15 is 0 Å². The van der Waals surface area contributed by atoms with Gasteiger partial charge in [-0.15, -0.1) is 0 Å². The highest BCUT2D eigenvalue weighted by molar-refractivity contribution is 7.80. The summed E-state index contributed by atoms with van der Waals surface area (Å²) in [6.07, 6.45) is -0.262. The summed E-state index contributed by atoms with van der Waals surface area (Å²) in [7, 11) is 0. The Morgan fingerprint density at radius 3 is 2.25 bits per heavy atom. The number of hydrogen-bond acceptors (Lipinski definition) is 4. The lowest BCUT2D eigenvalue weighted by Gasteiger charge is -2.36. The molecule has 0 unspecified atom stereocenters. The SMILES string of the molecule is Cc1ccc(NC(=S)NN2CCN(C(=O)OC(C)(C)C)CC2)cc1. The van der Waals surface area contributed by atoms with E-state index in [4.69, 9.17) is 17.0 Å². The fourth-order valence-electron chi connectivity index (χ4n) is 2.27. The molecule has 24 heavy (non-hydrogen) atoms. The first kappa shape index (κ1) is 18.5. The first-order chi connectivity index (χ1) is 11.2. The molecule has 0 radical (unpaired) electrons.